The van der Waals surface area contributed by atoms with Crippen molar-refractivity contribution in [2.45, 2.75) is 13.3 Å². The Morgan fingerprint density at radius 1 is 1.39 bits per heavy atom. The Morgan fingerprint density at radius 2 is 2.06 bits per heavy atom. The van der Waals surface area contributed by atoms with Crippen LogP contribution in [0.25, 0.3) is 0 Å². The van der Waals surface area contributed by atoms with Crippen LogP contribution in [-0.4, -0.2) is 28.9 Å². The minimum atomic E-state index is -0.104. The number of hydrogen-bond acceptors (Lipinski definition) is 2. The summed E-state index contributed by atoms with van der Waals surface area (Å²) in [5.41, 5.74) is 5.94. The lowest BCUT2D eigenvalue weighted by atomic mass is 10.2. The molecule has 0 aliphatic carbocycles. The number of halogens is 2. The van der Waals surface area contributed by atoms with Crippen molar-refractivity contribution < 1.29 is 4.79 Å². The number of hydrogen-bond donors (Lipinski definition) is 1. The van der Waals surface area contributed by atoms with Gasteiger partial charge in [-0.25, -0.2) is 0 Å². The fraction of sp³-hybridized carbons (Fsp3) is 0.333. The fourth-order valence-electron chi connectivity index (χ4n) is 1.46. The Labute approximate surface area is 122 Å². The van der Waals surface area contributed by atoms with Gasteiger partial charge in [0.25, 0.3) is 5.91 Å². The molecule has 1 amide bonds. The van der Waals surface area contributed by atoms with Crippen molar-refractivity contribution in [2.24, 2.45) is 5.73 Å². The number of rotatable bonds is 5. The first-order valence-corrected chi connectivity index (χ1v) is 6.64. The average Bonchev–Trinajstić information content (AvgIpc) is 2.32. The van der Waals surface area contributed by atoms with Gasteiger partial charge in [0.2, 0.25) is 0 Å². The van der Waals surface area contributed by atoms with Gasteiger partial charge < -0.3 is 10.6 Å². The molecule has 18 heavy (non-hydrogen) atoms. The number of benzene rings is 1. The van der Waals surface area contributed by atoms with Crippen LogP contribution in [0.2, 0.25) is 10.0 Å². The number of nitrogens with two attached hydrogens (primary N) is 1. The molecule has 0 heterocycles. The van der Waals surface area contributed by atoms with E-state index in [0.717, 1.165) is 0 Å². The Hall–Kier alpha value is -0.840. The third-order valence-electron chi connectivity index (χ3n) is 2.46. The molecule has 2 N–H and O–H groups in total. The van der Waals surface area contributed by atoms with Gasteiger partial charge in [-0.1, -0.05) is 35.4 Å². The zero-order chi connectivity index (χ0) is 13.7. The van der Waals surface area contributed by atoms with Crippen LogP contribution < -0.4 is 5.73 Å². The quantitative estimate of drug-likeness (QED) is 0.850. The summed E-state index contributed by atoms with van der Waals surface area (Å²) in [5.74, 6) is -0.104. The molecule has 0 saturated carbocycles. The van der Waals surface area contributed by atoms with Gasteiger partial charge in [0, 0.05) is 25.1 Å². The molecule has 0 aromatic heterocycles. The van der Waals surface area contributed by atoms with Crippen LogP contribution in [0.1, 0.15) is 23.7 Å². The van der Waals surface area contributed by atoms with Crippen LogP contribution in [0.3, 0.4) is 0 Å². The van der Waals surface area contributed by atoms with E-state index < -0.39 is 0 Å². The van der Waals surface area contributed by atoms with Crippen LogP contribution in [0, 0.1) is 0 Å². The van der Waals surface area contributed by atoms with Crippen molar-refractivity contribution in [3.8, 4) is 0 Å². The molecule has 0 saturated heterocycles. The zero-order valence-corrected chi connectivity index (χ0v) is 12.3. The van der Waals surface area contributed by atoms with Crippen LogP contribution in [0.15, 0.2) is 18.2 Å². The van der Waals surface area contributed by atoms with Gasteiger partial charge in [0.1, 0.15) is 0 Å². The highest BCUT2D eigenvalue weighted by atomic mass is 35.5. The van der Waals surface area contributed by atoms with E-state index in [2.05, 4.69) is 0 Å². The van der Waals surface area contributed by atoms with Crippen LogP contribution >= 0.6 is 35.4 Å². The summed E-state index contributed by atoms with van der Waals surface area (Å²) in [6.45, 7) is 2.99. The third kappa shape index (κ3) is 4.12. The molecule has 0 atom stereocenters. The first-order valence-electron chi connectivity index (χ1n) is 5.48. The molecule has 0 aliphatic rings. The van der Waals surface area contributed by atoms with E-state index in [4.69, 9.17) is 41.2 Å². The first kappa shape index (κ1) is 15.2. The lowest BCUT2D eigenvalue weighted by molar-refractivity contribution is 0.0769. The maximum atomic E-state index is 12.2. The highest BCUT2D eigenvalue weighted by Crippen LogP contribution is 2.23. The van der Waals surface area contributed by atoms with Crippen molar-refractivity contribution in [1.29, 1.82) is 0 Å². The molecule has 0 radical (unpaired) electrons. The summed E-state index contributed by atoms with van der Waals surface area (Å²) in [4.78, 5) is 14.3. The monoisotopic (exact) mass is 304 g/mol. The number of thiocarbonyl (C=S) groups is 1. The lowest BCUT2D eigenvalue weighted by Crippen LogP contribution is -2.33. The standard InChI is InChI=1S/C12H14Cl2N2OS/c1-2-16(6-5-11(15)18)12(17)8-3-4-9(13)10(14)7-8/h3-4,7H,2,5-6H2,1H3,(H2,15,18). The summed E-state index contributed by atoms with van der Waals surface area (Å²) in [5, 5.41) is 0.798. The molecular weight excluding hydrogens is 291 g/mol. The van der Waals surface area contributed by atoms with Gasteiger partial charge in [0.15, 0.2) is 0 Å². The Kier molecular flexibility index (Phi) is 5.85. The maximum absolute atomic E-state index is 12.2. The average molecular weight is 305 g/mol. The minimum Gasteiger partial charge on any atom is -0.393 e. The molecule has 0 spiro atoms. The zero-order valence-electron chi connectivity index (χ0n) is 9.95. The molecule has 98 valence electrons. The van der Waals surface area contributed by atoms with Crippen molar-refractivity contribution in [3.63, 3.8) is 0 Å². The lowest BCUT2D eigenvalue weighted by Gasteiger charge is -2.20. The van der Waals surface area contributed by atoms with Crippen molar-refractivity contribution in [1.82, 2.24) is 4.90 Å². The van der Waals surface area contributed by atoms with Crippen molar-refractivity contribution in [3.05, 3.63) is 33.8 Å². The van der Waals surface area contributed by atoms with Crippen LogP contribution in [-0.2, 0) is 0 Å². The molecule has 3 nitrogen and oxygen atoms in total. The van der Waals surface area contributed by atoms with E-state index in [1.165, 1.54) is 0 Å². The predicted molar refractivity (Wildman–Crippen MR) is 79.4 cm³/mol. The van der Waals surface area contributed by atoms with E-state index in [-0.39, 0.29) is 5.91 Å². The van der Waals surface area contributed by atoms with Gasteiger partial charge in [0.05, 0.1) is 15.0 Å². The van der Waals surface area contributed by atoms with Gasteiger partial charge in [-0.15, -0.1) is 0 Å². The molecule has 1 aromatic rings. The second-order valence-electron chi connectivity index (χ2n) is 3.73. The van der Waals surface area contributed by atoms with Crippen molar-refractivity contribution in [2.75, 3.05) is 13.1 Å². The number of carbonyl (C=O) groups excluding carboxylic acids is 1. The van der Waals surface area contributed by atoms with Gasteiger partial charge in [-0.2, -0.15) is 0 Å². The molecular formula is C12H14Cl2N2OS. The van der Waals surface area contributed by atoms with Crippen LogP contribution in [0.5, 0.6) is 0 Å². The second kappa shape index (κ2) is 6.92. The third-order valence-corrected chi connectivity index (χ3v) is 3.41. The smallest absolute Gasteiger partial charge is 0.253 e. The van der Waals surface area contributed by atoms with Crippen molar-refractivity contribution >= 4 is 46.3 Å². The summed E-state index contributed by atoms with van der Waals surface area (Å²) >= 11 is 16.5. The molecule has 1 rings (SSSR count). The molecule has 0 aliphatic heterocycles. The highest BCUT2D eigenvalue weighted by molar-refractivity contribution is 7.80. The topological polar surface area (TPSA) is 46.3 Å². The predicted octanol–water partition coefficient (Wildman–Crippen LogP) is 3.13. The molecule has 0 unspecified atom stereocenters. The highest BCUT2D eigenvalue weighted by Gasteiger charge is 2.15. The van der Waals surface area contributed by atoms with E-state index in [1.807, 2.05) is 6.92 Å². The molecule has 6 heteroatoms. The normalized spacial score (nSPS) is 10.2. The summed E-state index contributed by atoms with van der Waals surface area (Å²) in [7, 11) is 0. The first-order chi connectivity index (χ1) is 8.45. The second-order valence-corrected chi connectivity index (χ2v) is 5.07. The summed E-state index contributed by atoms with van der Waals surface area (Å²) < 4.78 is 0. The number of amides is 1. The maximum Gasteiger partial charge on any atom is 0.253 e. The largest absolute Gasteiger partial charge is 0.393 e. The van der Waals surface area contributed by atoms with Crippen LogP contribution in [0.4, 0.5) is 0 Å². The van der Waals surface area contributed by atoms with E-state index in [1.54, 1.807) is 23.1 Å². The van der Waals surface area contributed by atoms with Gasteiger partial charge in [-0.05, 0) is 25.1 Å². The molecule has 0 bridgehead atoms. The minimum absolute atomic E-state index is 0.104. The fourth-order valence-corrected chi connectivity index (χ4v) is 1.85. The van der Waals surface area contributed by atoms with E-state index in [0.29, 0.717) is 40.1 Å². The molecule has 1 aromatic carbocycles. The van der Waals surface area contributed by atoms with Gasteiger partial charge >= 0.3 is 0 Å². The van der Waals surface area contributed by atoms with Gasteiger partial charge in [-0.3, -0.25) is 4.79 Å². The Morgan fingerprint density at radius 3 is 2.56 bits per heavy atom. The number of carbonyl (C=O) groups is 1. The molecule has 0 fully saturated rings. The Bertz CT molecular complexity index is 465. The Balaban J connectivity index is 2.82. The summed E-state index contributed by atoms with van der Waals surface area (Å²) in [6, 6.07) is 4.83. The SMILES string of the molecule is CCN(CCC(N)=S)C(=O)c1ccc(Cl)c(Cl)c1. The number of nitrogens with zero attached hydrogens (tertiary/aromatic N) is 1. The van der Waals surface area contributed by atoms with E-state index >= 15 is 0 Å². The van der Waals surface area contributed by atoms with E-state index in [9.17, 15) is 4.79 Å². The summed E-state index contributed by atoms with van der Waals surface area (Å²) in [6.07, 6.45) is 0.510.